The van der Waals surface area contributed by atoms with Gasteiger partial charge in [0.1, 0.15) is 5.76 Å². The highest BCUT2D eigenvalue weighted by atomic mass is 32.1. The molecule has 1 unspecified atom stereocenters. The lowest BCUT2D eigenvalue weighted by molar-refractivity contribution is 0.0216. The van der Waals surface area contributed by atoms with Crippen molar-refractivity contribution in [3.05, 3.63) is 59.2 Å². The highest BCUT2D eigenvalue weighted by Crippen LogP contribution is 2.13. The SMILES string of the molecule is C=CCOCC(O)CN(Cc1ccsc1)Cc1ccco1. The molecule has 0 fully saturated rings. The summed E-state index contributed by atoms with van der Waals surface area (Å²) in [7, 11) is 0. The summed E-state index contributed by atoms with van der Waals surface area (Å²) < 4.78 is 10.7. The molecule has 0 aliphatic carbocycles. The number of hydrogen-bond acceptors (Lipinski definition) is 5. The fourth-order valence-corrected chi connectivity index (χ4v) is 2.75. The van der Waals surface area contributed by atoms with Crippen LogP contribution in [-0.4, -0.2) is 35.9 Å². The minimum absolute atomic E-state index is 0.310. The standard InChI is InChI=1S/C16H21NO3S/c1-2-6-19-12-15(18)10-17(9-14-5-8-21-13-14)11-16-4-3-7-20-16/h2-5,7-8,13,15,18H,1,6,9-12H2. The minimum Gasteiger partial charge on any atom is -0.468 e. The molecule has 5 heteroatoms. The zero-order valence-electron chi connectivity index (χ0n) is 12.0. The number of aliphatic hydroxyl groups is 1. The molecule has 0 aromatic carbocycles. The van der Waals surface area contributed by atoms with Crippen molar-refractivity contribution in [3.63, 3.8) is 0 Å². The second kappa shape index (κ2) is 8.79. The molecule has 2 heterocycles. The van der Waals surface area contributed by atoms with Gasteiger partial charge in [-0.15, -0.1) is 6.58 Å². The third-order valence-corrected chi connectivity index (χ3v) is 3.69. The summed E-state index contributed by atoms with van der Waals surface area (Å²) in [6.45, 7) is 6.34. The van der Waals surface area contributed by atoms with Crippen molar-refractivity contribution in [1.29, 1.82) is 0 Å². The first-order chi connectivity index (χ1) is 10.3. The van der Waals surface area contributed by atoms with Gasteiger partial charge in [0, 0.05) is 13.1 Å². The van der Waals surface area contributed by atoms with Crippen LogP contribution >= 0.6 is 11.3 Å². The van der Waals surface area contributed by atoms with E-state index in [0.29, 0.717) is 26.3 Å². The largest absolute Gasteiger partial charge is 0.468 e. The van der Waals surface area contributed by atoms with Crippen LogP contribution < -0.4 is 0 Å². The Hall–Kier alpha value is -1.40. The molecule has 4 nitrogen and oxygen atoms in total. The monoisotopic (exact) mass is 307 g/mol. The first kappa shape index (κ1) is 16.0. The maximum Gasteiger partial charge on any atom is 0.117 e. The number of rotatable bonds is 10. The third-order valence-electron chi connectivity index (χ3n) is 2.96. The predicted molar refractivity (Wildman–Crippen MR) is 84.2 cm³/mol. The van der Waals surface area contributed by atoms with Crippen LogP contribution in [0.15, 0.2) is 52.3 Å². The Kier molecular flexibility index (Phi) is 6.69. The second-order valence-electron chi connectivity index (χ2n) is 4.86. The van der Waals surface area contributed by atoms with Crippen LogP contribution in [0.1, 0.15) is 11.3 Å². The average molecular weight is 307 g/mol. The van der Waals surface area contributed by atoms with Crippen molar-refractivity contribution in [2.45, 2.75) is 19.2 Å². The molecule has 0 spiro atoms. The molecule has 0 aliphatic heterocycles. The predicted octanol–water partition coefficient (Wildman–Crippen LogP) is 2.91. The van der Waals surface area contributed by atoms with E-state index in [1.54, 1.807) is 23.7 Å². The summed E-state index contributed by atoms with van der Waals surface area (Å²) in [5, 5.41) is 14.3. The number of nitrogens with zero attached hydrogens (tertiary/aromatic N) is 1. The quantitative estimate of drug-likeness (QED) is 0.541. The van der Waals surface area contributed by atoms with E-state index in [-0.39, 0.29) is 0 Å². The van der Waals surface area contributed by atoms with Gasteiger partial charge >= 0.3 is 0 Å². The van der Waals surface area contributed by atoms with E-state index < -0.39 is 6.10 Å². The summed E-state index contributed by atoms with van der Waals surface area (Å²) in [6.07, 6.45) is 2.82. The lowest BCUT2D eigenvalue weighted by atomic mass is 10.2. The molecule has 2 aromatic rings. The lowest BCUT2D eigenvalue weighted by Crippen LogP contribution is -2.34. The molecule has 0 radical (unpaired) electrons. The van der Waals surface area contributed by atoms with Crippen LogP contribution in [0.5, 0.6) is 0 Å². The molecular formula is C16H21NO3S. The minimum atomic E-state index is -0.529. The van der Waals surface area contributed by atoms with Gasteiger partial charge in [-0.25, -0.2) is 0 Å². The molecule has 1 atom stereocenters. The van der Waals surface area contributed by atoms with Gasteiger partial charge in [-0.1, -0.05) is 6.08 Å². The zero-order valence-corrected chi connectivity index (χ0v) is 12.8. The topological polar surface area (TPSA) is 45.8 Å². The van der Waals surface area contributed by atoms with Gasteiger partial charge in [-0.3, -0.25) is 4.90 Å². The van der Waals surface area contributed by atoms with Crippen LogP contribution in [0.3, 0.4) is 0 Å². The van der Waals surface area contributed by atoms with Gasteiger partial charge in [0.25, 0.3) is 0 Å². The number of aliphatic hydroxyl groups excluding tert-OH is 1. The van der Waals surface area contributed by atoms with Crippen LogP contribution in [0.2, 0.25) is 0 Å². The fraction of sp³-hybridized carbons (Fsp3) is 0.375. The maximum atomic E-state index is 10.1. The smallest absolute Gasteiger partial charge is 0.117 e. The van der Waals surface area contributed by atoms with E-state index >= 15 is 0 Å². The van der Waals surface area contributed by atoms with E-state index in [1.165, 1.54) is 5.56 Å². The van der Waals surface area contributed by atoms with Gasteiger partial charge in [0.05, 0.1) is 32.1 Å². The van der Waals surface area contributed by atoms with Gasteiger partial charge < -0.3 is 14.3 Å². The Morgan fingerprint density at radius 3 is 3.00 bits per heavy atom. The van der Waals surface area contributed by atoms with E-state index in [2.05, 4.69) is 28.3 Å². The Morgan fingerprint density at radius 2 is 2.33 bits per heavy atom. The average Bonchev–Trinajstić information content (AvgIpc) is 3.12. The summed E-state index contributed by atoms with van der Waals surface area (Å²) in [5.74, 6) is 0.893. The van der Waals surface area contributed by atoms with E-state index in [0.717, 1.165) is 12.3 Å². The Labute approximate surface area is 129 Å². The molecule has 2 rings (SSSR count). The molecule has 114 valence electrons. The summed E-state index contributed by atoms with van der Waals surface area (Å²) in [4.78, 5) is 2.16. The molecule has 0 saturated heterocycles. The lowest BCUT2D eigenvalue weighted by Gasteiger charge is -2.23. The van der Waals surface area contributed by atoms with E-state index in [9.17, 15) is 5.11 Å². The van der Waals surface area contributed by atoms with Gasteiger partial charge in [0.15, 0.2) is 0 Å². The summed E-state index contributed by atoms with van der Waals surface area (Å²) in [6, 6.07) is 5.92. The Balaban J connectivity index is 1.89. The van der Waals surface area contributed by atoms with Crippen LogP contribution in [0, 0.1) is 0 Å². The number of ether oxygens (including phenoxy) is 1. The van der Waals surface area contributed by atoms with Crippen LogP contribution in [-0.2, 0) is 17.8 Å². The number of furan rings is 1. The summed E-state index contributed by atoms with van der Waals surface area (Å²) in [5.41, 5.74) is 1.24. The molecule has 0 saturated carbocycles. The van der Waals surface area contributed by atoms with Gasteiger partial charge in [0.2, 0.25) is 0 Å². The second-order valence-corrected chi connectivity index (χ2v) is 5.64. The molecule has 0 bridgehead atoms. The van der Waals surface area contributed by atoms with Crippen molar-refractivity contribution in [1.82, 2.24) is 4.90 Å². The van der Waals surface area contributed by atoms with Crippen molar-refractivity contribution in [2.75, 3.05) is 19.8 Å². The number of hydrogen-bond donors (Lipinski definition) is 1. The fourth-order valence-electron chi connectivity index (χ4n) is 2.09. The maximum absolute atomic E-state index is 10.1. The normalized spacial score (nSPS) is 12.7. The highest BCUT2D eigenvalue weighted by Gasteiger charge is 2.14. The molecule has 0 amide bonds. The van der Waals surface area contributed by atoms with Crippen LogP contribution in [0.4, 0.5) is 0 Å². The molecule has 2 aromatic heterocycles. The van der Waals surface area contributed by atoms with Crippen molar-refractivity contribution in [3.8, 4) is 0 Å². The zero-order chi connectivity index (χ0) is 14.9. The van der Waals surface area contributed by atoms with Crippen LogP contribution in [0.25, 0.3) is 0 Å². The van der Waals surface area contributed by atoms with E-state index in [1.807, 2.05) is 12.1 Å². The van der Waals surface area contributed by atoms with E-state index in [4.69, 9.17) is 9.15 Å². The van der Waals surface area contributed by atoms with Crippen molar-refractivity contribution >= 4 is 11.3 Å². The van der Waals surface area contributed by atoms with Gasteiger partial charge in [-0.05, 0) is 34.5 Å². The molecule has 21 heavy (non-hydrogen) atoms. The Bertz CT molecular complexity index is 459. The highest BCUT2D eigenvalue weighted by molar-refractivity contribution is 7.07. The number of thiophene rings is 1. The third kappa shape index (κ3) is 5.85. The molecule has 1 N–H and O–H groups in total. The first-order valence-electron chi connectivity index (χ1n) is 6.90. The van der Waals surface area contributed by atoms with Crippen molar-refractivity contribution in [2.24, 2.45) is 0 Å². The summed E-state index contributed by atoms with van der Waals surface area (Å²) >= 11 is 1.68. The van der Waals surface area contributed by atoms with Crippen molar-refractivity contribution < 1.29 is 14.3 Å². The van der Waals surface area contributed by atoms with Gasteiger partial charge in [-0.2, -0.15) is 11.3 Å². The first-order valence-corrected chi connectivity index (χ1v) is 7.84. The molecular weight excluding hydrogens is 286 g/mol. The Morgan fingerprint density at radius 1 is 1.43 bits per heavy atom. The molecule has 0 aliphatic rings.